The molecular weight excluding hydrogens is 302 g/mol. The maximum atomic E-state index is 11.2. The van der Waals surface area contributed by atoms with Gasteiger partial charge in [0.15, 0.2) is 0 Å². The van der Waals surface area contributed by atoms with Gasteiger partial charge < -0.3 is 10.2 Å². The fourth-order valence-electron chi connectivity index (χ4n) is 2.68. The van der Waals surface area contributed by atoms with Crippen molar-refractivity contribution >= 4 is 23.0 Å². The molecule has 0 saturated carbocycles. The number of carboxylic acid groups (broad SMARTS) is 1. The summed E-state index contributed by atoms with van der Waals surface area (Å²) in [6, 6.07) is 20.0. The molecule has 0 amide bonds. The molecule has 0 heterocycles. The first-order valence-corrected chi connectivity index (χ1v) is 7.66. The average molecular weight is 319 g/mol. The molecule has 4 heteroatoms. The Morgan fingerprint density at radius 3 is 2.46 bits per heavy atom. The van der Waals surface area contributed by atoms with Crippen molar-refractivity contribution in [3.63, 3.8) is 0 Å². The summed E-state index contributed by atoms with van der Waals surface area (Å²) in [6.07, 6.45) is 1.46. The summed E-state index contributed by atoms with van der Waals surface area (Å²) >= 11 is 0. The van der Waals surface area contributed by atoms with Crippen LogP contribution in [0.1, 0.15) is 23.6 Å². The molecule has 0 fully saturated rings. The quantitative estimate of drug-likeness (QED) is 0.693. The van der Waals surface area contributed by atoms with Gasteiger partial charge in [0.2, 0.25) is 0 Å². The van der Waals surface area contributed by atoms with Crippen LogP contribution in [0.3, 0.4) is 0 Å². The molecule has 0 aliphatic heterocycles. The topological polar surface area (TPSA) is 69.9 Å². The van der Waals surface area contributed by atoms with E-state index in [9.17, 15) is 9.90 Å². The number of phenolic OH excluding ortho intramolecular Hbond substituents is 1. The van der Waals surface area contributed by atoms with Crippen molar-refractivity contribution in [3.05, 3.63) is 77.9 Å². The number of rotatable bonds is 5. The molecule has 0 unspecified atom stereocenters. The van der Waals surface area contributed by atoms with E-state index in [4.69, 9.17) is 5.11 Å². The van der Waals surface area contributed by atoms with E-state index in [2.05, 4.69) is 4.99 Å². The number of aliphatic imine (C=N–C) groups is 1. The van der Waals surface area contributed by atoms with Gasteiger partial charge in [0.05, 0.1) is 12.5 Å². The van der Waals surface area contributed by atoms with Crippen molar-refractivity contribution in [2.24, 2.45) is 4.99 Å². The van der Waals surface area contributed by atoms with Crippen molar-refractivity contribution in [2.75, 3.05) is 0 Å². The first-order chi connectivity index (χ1) is 11.6. The minimum Gasteiger partial charge on any atom is -0.507 e. The van der Waals surface area contributed by atoms with Gasteiger partial charge in [-0.15, -0.1) is 0 Å². The highest BCUT2D eigenvalue weighted by atomic mass is 16.4. The molecule has 0 spiro atoms. The molecule has 0 saturated heterocycles. The van der Waals surface area contributed by atoms with Crippen LogP contribution < -0.4 is 0 Å². The van der Waals surface area contributed by atoms with Crippen LogP contribution in [-0.4, -0.2) is 22.4 Å². The van der Waals surface area contributed by atoms with Crippen LogP contribution in [0, 0.1) is 0 Å². The third-order valence-corrected chi connectivity index (χ3v) is 3.88. The smallest absolute Gasteiger partial charge is 0.305 e. The Bertz CT molecular complexity index is 888. The van der Waals surface area contributed by atoms with Crippen molar-refractivity contribution < 1.29 is 15.0 Å². The number of carboxylic acids is 1. The van der Waals surface area contributed by atoms with Gasteiger partial charge in [0.25, 0.3) is 0 Å². The van der Waals surface area contributed by atoms with Crippen LogP contribution in [0.25, 0.3) is 10.8 Å². The van der Waals surface area contributed by atoms with Gasteiger partial charge >= 0.3 is 5.97 Å². The van der Waals surface area contributed by atoms with E-state index >= 15 is 0 Å². The highest BCUT2D eigenvalue weighted by molar-refractivity contribution is 6.02. The fourth-order valence-corrected chi connectivity index (χ4v) is 2.68. The molecule has 3 rings (SSSR count). The number of aromatic hydroxyl groups is 1. The van der Waals surface area contributed by atoms with Crippen LogP contribution in [-0.2, 0) is 4.79 Å². The molecule has 0 radical (unpaired) electrons. The summed E-state index contributed by atoms with van der Waals surface area (Å²) in [5, 5.41) is 21.2. The molecule has 24 heavy (non-hydrogen) atoms. The second-order valence-electron chi connectivity index (χ2n) is 5.52. The number of fused-ring (bicyclic) bond motifs is 1. The normalized spacial score (nSPS) is 12.5. The number of hydrogen-bond donors (Lipinski definition) is 2. The lowest BCUT2D eigenvalue weighted by molar-refractivity contribution is -0.137. The van der Waals surface area contributed by atoms with Gasteiger partial charge in [0, 0.05) is 11.8 Å². The van der Waals surface area contributed by atoms with Crippen LogP contribution in [0.4, 0.5) is 0 Å². The molecular formula is C20H17NO3. The van der Waals surface area contributed by atoms with Gasteiger partial charge in [0.1, 0.15) is 5.75 Å². The van der Waals surface area contributed by atoms with Gasteiger partial charge in [-0.25, -0.2) is 0 Å². The molecule has 120 valence electrons. The summed E-state index contributed by atoms with van der Waals surface area (Å²) < 4.78 is 0. The Morgan fingerprint density at radius 2 is 1.71 bits per heavy atom. The van der Waals surface area contributed by atoms with E-state index in [-0.39, 0.29) is 12.2 Å². The SMILES string of the molecule is O=C(O)C[C@@H](N=Cc1c(O)ccc2ccccc12)c1ccccc1. The molecule has 3 aromatic carbocycles. The van der Waals surface area contributed by atoms with E-state index in [1.807, 2.05) is 60.7 Å². The predicted molar refractivity (Wildman–Crippen MR) is 94.6 cm³/mol. The number of carbonyl (C=O) groups is 1. The Morgan fingerprint density at radius 1 is 1.00 bits per heavy atom. The molecule has 0 aliphatic carbocycles. The monoisotopic (exact) mass is 319 g/mol. The zero-order valence-corrected chi connectivity index (χ0v) is 13.0. The van der Waals surface area contributed by atoms with Crippen molar-refractivity contribution in [3.8, 4) is 5.75 Å². The molecule has 0 aromatic heterocycles. The highest BCUT2D eigenvalue weighted by Crippen LogP contribution is 2.27. The molecule has 3 aromatic rings. The van der Waals surface area contributed by atoms with Crippen LogP contribution in [0.2, 0.25) is 0 Å². The Labute approximate surface area is 139 Å². The van der Waals surface area contributed by atoms with Crippen molar-refractivity contribution in [1.29, 1.82) is 0 Å². The van der Waals surface area contributed by atoms with E-state index in [1.165, 1.54) is 0 Å². The molecule has 0 aliphatic rings. The summed E-state index contributed by atoms with van der Waals surface area (Å²) in [6.45, 7) is 0. The number of nitrogens with zero attached hydrogens (tertiary/aromatic N) is 1. The van der Waals surface area contributed by atoms with Gasteiger partial charge in [-0.2, -0.15) is 0 Å². The second-order valence-corrected chi connectivity index (χ2v) is 5.52. The van der Waals surface area contributed by atoms with E-state index in [0.29, 0.717) is 5.56 Å². The van der Waals surface area contributed by atoms with E-state index < -0.39 is 12.0 Å². The minimum atomic E-state index is -0.914. The Hall–Kier alpha value is -3.14. The number of aliphatic carboxylic acids is 1. The first kappa shape index (κ1) is 15.7. The van der Waals surface area contributed by atoms with Crippen LogP contribution in [0.5, 0.6) is 5.75 Å². The lowest BCUT2D eigenvalue weighted by Crippen LogP contribution is -2.05. The lowest BCUT2D eigenvalue weighted by atomic mass is 10.0. The standard InChI is InChI=1S/C20H17NO3/c22-19-11-10-14-6-4-5-9-16(14)17(19)13-21-18(12-20(23)24)15-7-2-1-3-8-15/h1-11,13,18,22H,12H2,(H,23,24)/t18-/m1/s1. The zero-order chi connectivity index (χ0) is 16.9. The summed E-state index contributed by atoms with van der Waals surface area (Å²) in [4.78, 5) is 15.6. The van der Waals surface area contributed by atoms with Crippen molar-refractivity contribution in [2.45, 2.75) is 12.5 Å². The fraction of sp³-hybridized carbons (Fsp3) is 0.100. The molecule has 2 N–H and O–H groups in total. The highest BCUT2D eigenvalue weighted by Gasteiger charge is 2.14. The Balaban J connectivity index is 2.01. The average Bonchev–Trinajstić information content (AvgIpc) is 2.60. The lowest BCUT2D eigenvalue weighted by Gasteiger charge is -2.11. The van der Waals surface area contributed by atoms with E-state index in [0.717, 1.165) is 16.3 Å². The zero-order valence-electron chi connectivity index (χ0n) is 13.0. The molecule has 0 bridgehead atoms. The number of phenols is 1. The van der Waals surface area contributed by atoms with Gasteiger partial charge in [-0.3, -0.25) is 9.79 Å². The van der Waals surface area contributed by atoms with Gasteiger partial charge in [-0.1, -0.05) is 60.7 Å². The molecule has 1 atom stereocenters. The maximum Gasteiger partial charge on any atom is 0.305 e. The molecule has 4 nitrogen and oxygen atoms in total. The summed E-state index contributed by atoms with van der Waals surface area (Å²) in [5.74, 6) is -0.789. The first-order valence-electron chi connectivity index (χ1n) is 7.66. The number of hydrogen-bond acceptors (Lipinski definition) is 3. The third-order valence-electron chi connectivity index (χ3n) is 3.88. The third kappa shape index (κ3) is 3.43. The summed E-state index contributed by atoms with van der Waals surface area (Å²) in [7, 11) is 0. The second kappa shape index (κ2) is 6.96. The largest absolute Gasteiger partial charge is 0.507 e. The van der Waals surface area contributed by atoms with E-state index in [1.54, 1.807) is 12.3 Å². The van der Waals surface area contributed by atoms with Crippen molar-refractivity contribution in [1.82, 2.24) is 0 Å². The number of benzene rings is 3. The van der Waals surface area contributed by atoms with Crippen LogP contribution in [0.15, 0.2) is 71.7 Å². The van der Waals surface area contributed by atoms with Crippen LogP contribution >= 0.6 is 0 Å². The predicted octanol–water partition coefficient (Wildman–Crippen LogP) is 4.18. The van der Waals surface area contributed by atoms with Gasteiger partial charge in [-0.05, 0) is 22.4 Å². The maximum absolute atomic E-state index is 11.2. The Kier molecular flexibility index (Phi) is 4.57. The summed E-state index contributed by atoms with van der Waals surface area (Å²) in [5.41, 5.74) is 1.43. The minimum absolute atomic E-state index is 0.105.